The van der Waals surface area contributed by atoms with E-state index in [0.717, 1.165) is 18.7 Å². The third-order valence-corrected chi connectivity index (χ3v) is 4.29. The van der Waals surface area contributed by atoms with Crippen molar-refractivity contribution in [3.63, 3.8) is 0 Å². The summed E-state index contributed by atoms with van der Waals surface area (Å²) < 4.78 is 8.88. The van der Waals surface area contributed by atoms with Crippen molar-refractivity contribution in [2.24, 2.45) is 0 Å². The van der Waals surface area contributed by atoms with Crippen LogP contribution in [0.4, 0.5) is 0 Å². The number of aliphatic hydroxyl groups excluding tert-OH is 1. The fourth-order valence-corrected chi connectivity index (χ4v) is 2.92. The number of fused-ring (bicyclic) bond motifs is 2. The number of carbonyl (C=O) groups is 1. The van der Waals surface area contributed by atoms with Crippen LogP contribution in [-0.4, -0.2) is 58.7 Å². The molecule has 0 saturated carbocycles. The summed E-state index contributed by atoms with van der Waals surface area (Å²) in [6.45, 7) is 3.38. The van der Waals surface area contributed by atoms with Gasteiger partial charge in [-0.1, -0.05) is 0 Å². The number of nitrogens with zero attached hydrogens (tertiary/aromatic N) is 7. The first-order valence-electron chi connectivity index (χ1n) is 8.42. The Morgan fingerprint density at radius 2 is 2.23 bits per heavy atom. The maximum absolute atomic E-state index is 12.6. The molecule has 26 heavy (non-hydrogen) atoms. The SMILES string of the molecule is CC(O)c1cc2n(n1)CCCN(C(=O)COc1ccc3nncn3n1)C2. The number of aromatic nitrogens is 6. The van der Waals surface area contributed by atoms with Gasteiger partial charge in [-0.15, -0.1) is 15.3 Å². The van der Waals surface area contributed by atoms with Crippen LogP contribution in [0.25, 0.3) is 5.65 Å². The van der Waals surface area contributed by atoms with Crippen molar-refractivity contribution in [1.29, 1.82) is 0 Å². The molecule has 0 saturated heterocycles. The van der Waals surface area contributed by atoms with Crippen LogP contribution in [0.5, 0.6) is 5.88 Å². The van der Waals surface area contributed by atoms with Gasteiger partial charge in [0.2, 0.25) is 5.88 Å². The highest BCUT2D eigenvalue weighted by Gasteiger charge is 2.22. The number of hydrogen-bond donors (Lipinski definition) is 1. The first kappa shape index (κ1) is 16.5. The van der Waals surface area contributed by atoms with Gasteiger partial charge in [-0.2, -0.15) is 9.61 Å². The molecule has 4 rings (SSSR count). The lowest BCUT2D eigenvalue weighted by atomic mass is 10.2. The Labute approximate surface area is 149 Å². The van der Waals surface area contributed by atoms with Gasteiger partial charge >= 0.3 is 0 Å². The molecule has 1 unspecified atom stereocenters. The number of amides is 1. The topological polar surface area (TPSA) is 111 Å². The molecule has 0 radical (unpaired) electrons. The lowest BCUT2D eigenvalue weighted by molar-refractivity contribution is -0.134. The Morgan fingerprint density at radius 3 is 3.08 bits per heavy atom. The second-order valence-corrected chi connectivity index (χ2v) is 6.22. The summed E-state index contributed by atoms with van der Waals surface area (Å²) in [6, 6.07) is 5.23. The van der Waals surface area contributed by atoms with E-state index in [1.807, 2.05) is 10.7 Å². The van der Waals surface area contributed by atoms with E-state index in [0.29, 0.717) is 30.3 Å². The van der Waals surface area contributed by atoms with Gasteiger partial charge in [-0.3, -0.25) is 9.48 Å². The molecule has 0 aliphatic carbocycles. The van der Waals surface area contributed by atoms with Crippen LogP contribution >= 0.6 is 0 Å². The van der Waals surface area contributed by atoms with E-state index in [4.69, 9.17) is 4.74 Å². The van der Waals surface area contributed by atoms with Crippen molar-refractivity contribution in [3.05, 3.63) is 35.9 Å². The lowest BCUT2D eigenvalue weighted by Gasteiger charge is -2.19. The van der Waals surface area contributed by atoms with E-state index in [2.05, 4.69) is 20.4 Å². The van der Waals surface area contributed by atoms with E-state index in [9.17, 15) is 9.90 Å². The molecule has 1 atom stereocenters. The highest BCUT2D eigenvalue weighted by atomic mass is 16.5. The Morgan fingerprint density at radius 1 is 1.35 bits per heavy atom. The zero-order valence-corrected chi connectivity index (χ0v) is 14.3. The number of carbonyl (C=O) groups excluding carboxylic acids is 1. The molecule has 1 aliphatic heterocycles. The van der Waals surface area contributed by atoms with Crippen molar-refractivity contribution in [2.45, 2.75) is 32.5 Å². The third kappa shape index (κ3) is 3.23. The minimum atomic E-state index is -0.624. The van der Waals surface area contributed by atoms with Gasteiger partial charge in [0.05, 0.1) is 24.0 Å². The number of rotatable bonds is 4. The molecule has 1 amide bonds. The summed E-state index contributed by atoms with van der Waals surface area (Å²) in [5, 5.41) is 25.9. The van der Waals surface area contributed by atoms with Crippen molar-refractivity contribution in [2.75, 3.05) is 13.2 Å². The zero-order chi connectivity index (χ0) is 18.1. The Kier molecular flexibility index (Phi) is 4.25. The summed E-state index contributed by atoms with van der Waals surface area (Å²) in [6.07, 6.45) is 1.64. The average Bonchev–Trinajstić information content (AvgIpc) is 3.21. The summed E-state index contributed by atoms with van der Waals surface area (Å²) in [4.78, 5) is 14.3. The lowest BCUT2D eigenvalue weighted by Crippen LogP contribution is -2.34. The standard InChI is InChI=1S/C16H19N7O3/c1-11(24)13-7-12-8-21(5-2-6-22(12)19-13)16(25)9-26-15-4-3-14-18-17-10-23(14)20-15/h3-4,7,10-11,24H,2,5-6,8-9H2,1H3. The molecule has 1 aliphatic rings. The molecule has 136 valence electrons. The smallest absolute Gasteiger partial charge is 0.260 e. The fourth-order valence-electron chi connectivity index (χ4n) is 2.92. The van der Waals surface area contributed by atoms with E-state index >= 15 is 0 Å². The normalized spacial score (nSPS) is 15.5. The summed E-state index contributed by atoms with van der Waals surface area (Å²) >= 11 is 0. The maximum Gasteiger partial charge on any atom is 0.260 e. The van der Waals surface area contributed by atoms with Gasteiger partial charge in [-0.05, 0) is 25.5 Å². The molecule has 1 N–H and O–H groups in total. The molecule has 0 aromatic carbocycles. The zero-order valence-electron chi connectivity index (χ0n) is 14.3. The van der Waals surface area contributed by atoms with Crippen LogP contribution in [0.15, 0.2) is 24.5 Å². The molecule has 3 aromatic heterocycles. The van der Waals surface area contributed by atoms with Crippen molar-refractivity contribution in [3.8, 4) is 5.88 Å². The van der Waals surface area contributed by atoms with Crippen LogP contribution in [0, 0.1) is 0 Å². The molecule has 0 fully saturated rings. The second kappa shape index (κ2) is 6.71. The quantitative estimate of drug-likeness (QED) is 0.709. The van der Waals surface area contributed by atoms with Crippen LogP contribution in [0.3, 0.4) is 0 Å². The fraction of sp³-hybridized carbons (Fsp3) is 0.438. The molecule has 10 nitrogen and oxygen atoms in total. The van der Waals surface area contributed by atoms with Crippen LogP contribution in [-0.2, 0) is 17.9 Å². The third-order valence-electron chi connectivity index (χ3n) is 4.29. The van der Waals surface area contributed by atoms with Gasteiger partial charge in [0.25, 0.3) is 5.91 Å². The average molecular weight is 357 g/mol. The summed E-state index contributed by atoms with van der Waals surface area (Å²) in [7, 11) is 0. The van der Waals surface area contributed by atoms with Crippen LogP contribution < -0.4 is 4.74 Å². The number of hydrogen-bond acceptors (Lipinski definition) is 7. The van der Waals surface area contributed by atoms with Gasteiger partial charge in [0.15, 0.2) is 12.3 Å². The largest absolute Gasteiger partial charge is 0.467 e. The number of ether oxygens (including phenoxy) is 1. The summed E-state index contributed by atoms with van der Waals surface area (Å²) in [5.41, 5.74) is 2.14. The molecule has 3 aromatic rings. The van der Waals surface area contributed by atoms with E-state index < -0.39 is 6.10 Å². The van der Waals surface area contributed by atoms with Crippen LogP contribution in [0.1, 0.15) is 30.8 Å². The first-order valence-corrected chi connectivity index (χ1v) is 8.42. The van der Waals surface area contributed by atoms with E-state index in [-0.39, 0.29) is 12.5 Å². The predicted octanol–water partition coefficient (Wildman–Crippen LogP) is 0.185. The van der Waals surface area contributed by atoms with Crippen molar-refractivity contribution < 1.29 is 14.6 Å². The Bertz CT molecular complexity index is 933. The van der Waals surface area contributed by atoms with Crippen molar-refractivity contribution >= 4 is 11.6 Å². The molecular weight excluding hydrogens is 338 g/mol. The number of aryl methyl sites for hydroxylation is 1. The van der Waals surface area contributed by atoms with Gasteiger partial charge < -0.3 is 14.7 Å². The Balaban J connectivity index is 1.42. The number of aliphatic hydroxyl groups is 1. The molecule has 0 spiro atoms. The van der Waals surface area contributed by atoms with Crippen molar-refractivity contribution in [1.82, 2.24) is 34.5 Å². The monoisotopic (exact) mass is 357 g/mol. The minimum Gasteiger partial charge on any atom is -0.467 e. The Hall–Kier alpha value is -3.01. The first-order chi connectivity index (χ1) is 12.6. The summed E-state index contributed by atoms with van der Waals surface area (Å²) in [5.74, 6) is 0.214. The van der Waals surface area contributed by atoms with Crippen LogP contribution in [0.2, 0.25) is 0 Å². The predicted molar refractivity (Wildman–Crippen MR) is 89.2 cm³/mol. The maximum atomic E-state index is 12.6. The van der Waals surface area contributed by atoms with E-state index in [1.165, 1.54) is 10.8 Å². The van der Waals surface area contributed by atoms with Gasteiger partial charge in [0, 0.05) is 19.2 Å². The highest BCUT2D eigenvalue weighted by Crippen LogP contribution is 2.18. The van der Waals surface area contributed by atoms with Gasteiger partial charge in [0.1, 0.15) is 6.33 Å². The molecule has 4 heterocycles. The molecule has 10 heteroatoms. The van der Waals surface area contributed by atoms with E-state index in [1.54, 1.807) is 24.0 Å². The molecular formula is C16H19N7O3. The minimum absolute atomic E-state index is 0.0992. The van der Waals surface area contributed by atoms with Gasteiger partial charge in [-0.25, -0.2) is 0 Å². The second-order valence-electron chi connectivity index (χ2n) is 6.22. The molecule has 0 bridgehead atoms. The highest BCUT2D eigenvalue weighted by molar-refractivity contribution is 5.77.